The number of anilines is 2. The quantitative estimate of drug-likeness (QED) is 0.568. The molecule has 0 bridgehead atoms. The Balaban J connectivity index is 2.15. The summed E-state index contributed by atoms with van der Waals surface area (Å²) in [5, 5.41) is 2.94. The summed E-state index contributed by atoms with van der Waals surface area (Å²) in [5.74, 6) is 4.96. The number of aromatic nitrogens is 2. The van der Waals surface area contributed by atoms with Crippen LogP contribution in [0.15, 0.2) is 6.07 Å². The molecule has 1 heterocycles. The van der Waals surface area contributed by atoms with Crippen molar-refractivity contribution in [1.29, 1.82) is 0 Å². The van der Waals surface area contributed by atoms with Crippen molar-refractivity contribution in [3.63, 3.8) is 0 Å². The van der Waals surface area contributed by atoms with E-state index in [1.54, 1.807) is 0 Å². The Hall–Kier alpha value is -1.57. The second-order valence-corrected chi connectivity index (χ2v) is 4.81. The monoisotopic (exact) mass is 275 g/mol. The van der Waals surface area contributed by atoms with Crippen LogP contribution >= 0.6 is 0 Å². The van der Waals surface area contributed by atoms with E-state index in [4.69, 9.17) is 5.84 Å². The smallest absolute Gasteiger partial charge is 0.369 e. The highest BCUT2D eigenvalue weighted by atomic mass is 19.4. The molecule has 1 aromatic heterocycles. The Labute approximate surface area is 108 Å². The van der Waals surface area contributed by atoms with Crippen LogP contribution in [-0.2, 0) is 6.18 Å². The molecule has 0 atom stereocenters. The number of hydrazine groups is 1. The molecular formula is C11H16F3N5. The van der Waals surface area contributed by atoms with Crippen LogP contribution in [0, 0.1) is 5.41 Å². The number of nitrogen functional groups attached to an aromatic ring is 1. The zero-order chi connectivity index (χ0) is 14.1. The van der Waals surface area contributed by atoms with Crippen molar-refractivity contribution in [1.82, 2.24) is 9.97 Å². The predicted molar refractivity (Wildman–Crippen MR) is 65.3 cm³/mol. The molecule has 1 aliphatic rings. The number of nitrogens with two attached hydrogens (primary N) is 1. The third kappa shape index (κ3) is 3.25. The van der Waals surface area contributed by atoms with Crippen molar-refractivity contribution < 1.29 is 13.2 Å². The molecule has 1 fully saturated rings. The molecule has 1 aliphatic carbocycles. The zero-order valence-electron chi connectivity index (χ0n) is 10.5. The van der Waals surface area contributed by atoms with Crippen LogP contribution in [0.3, 0.4) is 0 Å². The van der Waals surface area contributed by atoms with Gasteiger partial charge in [-0.3, -0.25) is 5.43 Å². The summed E-state index contributed by atoms with van der Waals surface area (Å²) < 4.78 is 38.0. The number of nitrogens with one attached hydrogen (secondary N) is 2. The molecule has 0 aromatic carbocycles. The fraction of sp³-hybridized carbons (Fsp3) is 0.636. The van der Waals surface area contributed by atoms with Gasteiger partial charge in [-0.05, 0) is 24.7 Å². The van der Waals surface area contributed by atoms with Crippen molar-refractivity contribution in [3.8, 4) is 0 Å². The normalized spacial score (nSPS) is 17.1. The van der Waals surface area contributed by atoms with E-state index in [2.05, 4.69) is 22.2 Å². The minimum atomic E-state index is -4.52. The molecule has 1 aromatic rings. The molecule has 0 saturated heterocycles. The maximum atomic E-state index is 12.7. The van der Waals surface area contributed by atoms with Crippen LogP contribution in [-0.4, -0.2) is 16.5 Å². The van der Waals surface area contributed by atoms with E-state index < -0.39 is 11.9 Å². The van der Waals surface area contributed by atoms with Gasteiger partial charge in [-0.2, -0.15) is 18.2 Å². The van der Waals surface area contributed by atoms with E-state index in [0.29, 0.717) is 6.54 Å². The molecule has 1 saturated carbocycles. The Bertz CT molecular complexity index is 456. The van der Waals surface area contributed by atoms with Gasteiger partial charge in [-0.1, -0.05) is 6.92 Å². The molecule has 5 nitrogen and oxygen atoms in total. The number of alkyl halides is 3. The van der Waals surface area contributed by atoms with Gasteiger partial charge in [0.25, 0.3) is 0 Å². The lowest BCUT2D eigenvalue weighted by molar-refractivity contribution is -0.141. The second kappa shape index (κ2) is 4.84. The maximum absolute atomic E-state index is 12.7. The van der Waals surface area contributed by atoms with Gasteiger partial charge in [0.2, 0.25) is 5.95 Å². The Kier molecular flexibility index (Phi) is 3.53. The summed E-state index contributed by atoms with van der Waals surface area (Å²) in [5.41, 5.74) is 1.24. The summed E-state index contributed by atoms with van der Waals surface area (Å²) in [6.07, 6.45) is -1.34. The summed E-state index contributed by atoms with van der Waals surface area (Å²) in [7, 11) is 0. The van der Waals surface area contributed by atoms with Crippen LogP contribution in [0.4, 0.5) is 24.9 Å². The average molecular weight is 275 g/mol. The highest BCUT2D eigenvalue weighted by Gasteiger charge is 2.40. The van der Waals surface area contributed by atoms with Gasteiger partial charge in [-0.15, -0.1) is 0 Å². The molecule has 0 unspecified atom stereocenters. The zero-order valence-corrected chi connectivity index (χ0v) is 10.5. The first-order valence-corrected chi connectivity index (χ1v) is 6.05. The molecule has 106 valence electrons. The molecule has 0 amide bonds. The van der Waals surface area contributed by atoms with Crippen molar-refractivity contribution in [2.24, 2.45) is 11.3 Å². The molecule has 4 N–H and O–H groups in total. The first-order chi connectivity index (χ1) is 8.88. The maximum Gasteiger partial charge on any atom is 0.433 e. The fourth-order valence-corrected chi connectivity index (χ4v) is 1.86. The van der Waals surface area contributed by atoms with Crippen LogP contribution in [0.5, 0.6) is 0 Å². The molecule has 19 heavy (non-hydrogen) atoms. The molecule has 2 rings (SSSR count). The van der Waals surface area contributed by atoms with E-state index >= 15 is 0 Å². The molecular weight excluding hydrogens is 259 g/mol. The van der Waals surface area contributed by atoms with Crippen LogP contribution in [0.1, 0.15) is 31.9 Å². The largest absolute Gasteiger partial charge is 0.433 e. The Morgan fingerprint density at radius 3 is 2.53 bits per heavy atom. The minimum absolute atomic E-state index is 0.134. The summed E-state index contributed by atoms with van der Waals surface area (Å²) in [6, 6.07) is 0.895. The standard InChI is InChI=1S/C11H16F3N5/c1-2-10(3-4-10)6-16-8-5-7(11(12,13)14)17-9(18-8)19-15/h5H,2-4,6,15H2,1H3,(H2,16,17,18,19). The summed E-state index contributed by atoms with van der Waals surface area (Å²) in [4.78, 5) is 7.16. The molecule has 0 spiro atoms. The first-order valence-electron chi connectivity index (χ1n) is 6.05. The lowest BCUT2D eigenvalue weighted by Gasteiger charge is -2.15. The molecule has 0 aliphatic heterocycles. The van der Waals surface area contributed by atoms with Gasteiger partial charge in [0.05, 0.1) is 0 Å². The van der Waals surface area contributed by atoms with Crippen LogP contribution < -0.4 is 16.6 Å². The van der Waals surface area contributed by atoms with E-state index in [9.17, 15) is 13.2 Å². The van der Waals surface area contributed by atoms with Gasteiger partial charge >= 0.3 is 6.18 Å². The lowest BCUT2D eigenvalue weighted by atomic mass is 10.0. The van der Waals surface area contributed by atoms with E-state index in [0.717, 1.165) is 25.3 Å². The van der Waals surface area contributed by atoms with Crippen molar-refractivity contribution in [2.75, 3.05) is 17.3 Å². The van der Waals surface area contributed by atoms with Gasteiger partial charge in [0, 0.05) is 12.6 Å². The van der Waals surface area contributed by atoms with E-state index in [1.165, 1.54) is 0 Å². The second-order valence-electron chi connectivity index (χ2n) is 4.81. The number of hydrogen-bond acceptors (Lipinski definition) is 5. The third-order valence-corrected chi connectivity index (χ3v) is 3.50. The Morgan fingerprint density at radius 2 is 2.05 bits per heavy atom. The lowest BCUT2D eigenvalue weighted by Crippen LogP contribution is -2.19. The van der Waals surface area contributed by atoms with Crippen LogP contribution in [0.25, 0.3) is 0 Å². The van der Waals surface area contributed by atoms with Crippen molar-refractivity contribution in [2.45, 2.75) is 32.4 Å². The SMILES string of the molecule is CCC1(CNc2cc(C(F)(F)F)nc(NN)n2)CC1. The van der Waals surface area contributed by atoms with Crippen molar-refractivity contribution >= 4 is 11.8 Å². The first kappa shape index (κ1) is 13.9. The Morgan fingerprint density at radius 1 is 1.37 bits per heavy atom. The van der Waals surface area contributed by atoms with Gasteiger partial charge in [-0.25, -0.2) is 10.8 Å². The van der Waals surface area contributed by atoms with E-state index in [1.807, 2.05) is 5.43 Å². The van der Waals surface area contributed by atoms with Crippen molar-refractivity contribution in [3.05, 3.63) is 11.8 Å². The number of halogens is 3. The topological polar surface area (TPSA) is 75.9 Å². The molecule has 8 heteroatoms. The predicted octanol–water partition coefficient (Wildman–Crippen LogP) is 2.38. The number of hydrogen-bond donors (Lipinski definition) is 3. The molecule has 0 radical (unpaired) electrons. The number of nitrogens with zero attached hydrogens (tertiary/aromatic N) is 2. The summed E-state index contributed by atoms with van der Waals surface area (Å²) >= 11 is 0. The van der Waals surface area contributed by atoms with E-state index in [-0.39, 0.29) is 17.2 Å². The van der Waals surface area contributed by atoms with Gasteiger partial charge in [0.1, 0.15) is 5.82 Å². The highest BCUT2D eigenvalue weighted by Crippen LogP contribution is 2.48. The van der Waals surface area contributed by atoms with Gasteiger partial charge < -0.3 is 5.32 Å². The van der Waals surface area contributed by atoms with Gasteiger partial charge in [0.15, 0.2) is 5.69 Å². The summed E-state index contributed by atoms with van der Waals surface area (Å²) in [6.45, 7) is 2.69. The fourth-order valence-electron chi connectivity index (χ4n) is 1.86. The van der Waals surface area contributed by atoms with Crippen LogP contribution in [0.2, 0.25) is 0 Å². The minimum Gasteiger partial charge on any atom is -0.369 e. The number of rotatable bonds is 5. The average Bonchev–Trinajstić information content (AvgIpc) is 3.15. The highest BCUT2D eigenvalue weighted by molar-refractivity contribution is 5.43. The third-order valence-electron chi connectivity index (χ3n) is 3.50.